The molecule has 1 heteroatoms. The minimum atomic E-state index is 0.710. The van der Waals surface area contributed by atoms with Crippen molar-refractivity contribution in [1.29, 1.82) is 0 Å². The molecule has 1 unspecified atom stereocenters. The number of benzene rings is 1. The topological polar surface area (TPSA) is 12.0 Å². The van der Waals surface area contributed by atoms with Gasteiger partial charge >= 0.3 is 0 Å². The Hall–Kier alpha value is -0.820. The van der Waals surface area contributed by atoms with Crippen molar-refractivity contribution in [3.8, 4) is 0 Å². The lowest BCUT2D eigenvalue weighted by atomic mass is 10.0. The van der Waals surface area contributed by atoms with E-state index in [0.29, 0.717) is 6.04 Å². The molecule has 1 saturated carbocycles. The van der Waals surface area contributed by atoms with Crippen LogP contribution in [0.5, 0.6) is 0 Å². The van der Waals surface area contributed by atoms with Crippen LogP contribution in [0.3, 0.4) is 0 Å². The van der Waals surface area contributed by atoms with Crippen LogP contribution in [-0.2, 0) is 6.42 Å². The summed E-state index contributed by atoms with van der Waals surface area (Å²) in [4.78, 5) is 0. The maximum Gasteiger partial charge on any atom is 0.0136 e. The van der Waals surface area contributed by atoms with E-state index >= 15 is 0 Å². The van der Waals surface area contributed by atoms with Crippen molar-refractivity contribution in [2.24, 2.45) is 5.92 Å². The van der Waals surface area contributed by atoms with Crippen molar-refractivity contribution in [3.05, 3.63) is 35.4 Å². The van der Waals surface area contributed by atoms with E-state index in [1.165, 1.54) is 36.8 Å². The highest BCUT2D eigenvalue weighted by Gasteiger charge is 2.30. The van der Waals surface area contributed by atoms with Gasteiger partial charge in [0, 0.05) is 6.04 Å². The number of aryl methyl sites for hydroxylation is 1. The Balaban J connectivity index is 1.94. The molecule has 0 spiro atoms. The molecule has 1 N–H and O–H groups in total. The van der Waals surface area contributed by atoms with Crippen LogP contribution in [0.15, 0.2) is 24.3 Å². The van der Waals surface area contributed by atoms with E-state index in [0.717, 1.165) is 12.5 Å². The Kier molecular flexibility index (Phi) is 4.00. The van der Waals surface area contributed by atoms with E-state index < -0.39 is 0 Å². The highest BCUT2D eigenvalue weighted by molar-refractivity contribution is 5.23. The third-order valence-corrected chi connectivity index (χ3v) is 3.39. The molecule has 0 heterocycles. The molecule has 1 atom stereocenters. The van der Waals surface area contributed by atoms with Gasteiger partial charge in [0.15, 0.2) is 0 Å². The molecule has 1 nitrogen and oxygen atoms in total. The number of hydrogen-bond acceptors (Lipinski definition) is 1. The Morgan fingerprint density at radius 2 is 2.19 bits per heavy atom. The normalized spacial score (nSPS) is 17.4. The molecule has 1 aromatic carbocycles. The molecule has 1 aliphatic rings. The van der Waals surface area contributed by atoms with Crippen molar-refractivity contribution < 1.29 is 0 Å². The lowest BCUT2D eigenvalue weighted by Crippen LogP contribution is -2.33. The molecule has 0 amide bonds. The molecule has 16 heavy (non-hydrogen) atoms. The molecular formula is C15H23N. The summed E-state index contributed by atoms with van der Waals surface area (Å²) in [6.45, 7) is 5.58. The number of hydrogen-bond donors (Lipinski definition) is 1. The van der Waals surface area contributed by atoms with Crippen molar-refractivity contribution in [1.82, 2.24) is 5.32 Å². The van der Waals surface area contributed by atoms with Crippen molar-refractivity contribution >= 4 is 0 Å². The van der Waals surface area contributed by atoms with Gasteiger partial charge in [-0.2, -0.15) is 0 Å². The van der Waals surface area contributed by atoms with Crippen LogP contribution in [-0.4, -0.2) is 12.6 Å². The lowest BCUT2D eigenvalue weighted by molar-refractivity contribution is 0.460. The van der Waals surface area contributed by atoms with Gasteiger partial charge in [-0.3, -0.25) is 0 Å². The van der Waals surface area contributed by atoms with Gasteiger partial charge in [-0.15, -0.1) is 0 Å². The fourth-order valence-electron chi connectivity index (χ4n) is 2.33. The van der Waals surface area contributed by atoms with Crippen molar-refractivity contribution in [2.45, 2.75) is 45.6 Å². The third kappa shape index (κ3) is 3.34. The zero-order chi connectivity index (χ0) is 11.4. The molecular weight excluding hydrogens is 194 g/mol. The van der Waals surface area contributed by atoms with E-state index in [1.54, 1.807) is 0 Å². The van der Waals surface area contributed by atoms with Crippen LogP contribution in [0.2, 0.25) is 0 Å². The second kappa shape index (κ2) is 5.49. The molecule has 0 bridgehead atoms. The lowest BCUT2D eigenvalue weighted by Gasteiger charge is -2.18. The summed E-state index contributed by atoms with van der Waals surface area (Å²) in [7, 11) is 0. The highest BCUT2D eigenvalue weighted by atomic mass is 14.9. The van der Waals surface area contributed by atoms with E-state index in [9.17, 15) is 0 Å². The van der Waals surface area contributed by atoms with Crippen LogP contribution >= 0.6 is 0 Å². The zero-order valence-electron chi connectivity index (χ0n) is 10.5. The van der Waals surface area contributed by atoms with Crippen LogP contribution in [0.4, 0.5) is 0 Å². The molecule has 2 rings (SSSR count). The van der Waals surface area contributed by atoms with Crippen LogP contribution in [0, 0.1) is 12.8 Å². The van der Waals surface area contributed by atoms with E-state index in [-0.39, 0.29) is 0 Å². The van der Waals surface area contributed by atoms with Gasteiger partial charge in [0.05, 0.1) is 0 Å². The molecule has 0 aliphatic heterocycles. The average molecular weight is 217 g/mol. The molecule has 0 radical (unpaired) electrons. The Bertz CT molecular complexity index is 328. The van der Waals surface area contributed by atoms with Crippen LogP contribution < -0.4 is 5.32 Å². The third-order valence-electron chi connectivity index (χ3n) is 3.39. The molecule has 88 valence electrons. The smallest absolute Gasteiger partial charge is 0.0136 e. The van der Waals surface area contributed by atoms with Gasteiger partial charge in [-0.1, -0.05) is 36.8 Å². The minimum absolute atomic E-state index is 0.710. The van der Waals surface area contributed by atoms with Gasteiger partial charge in [0.2, 0.25) is 0 Å². The van der Waals surface area contributed by atoms with Crippen molar-refractivity contribution in [2.75, 3.05) is 6.54 Å². The second-order valence-corrected chi connectivity index (χ2v) is 5.09. The van der Waals surface area contributed by atoms with Crippen molar-refractivity contribution in [3.63, 3.8) is 0 Å². The predicted octanol–water partition coefficient (Wildman–Crippen LogP) is 3.32. The molecule has 1 fully saturated rings. The Morgan fingerprint density at radius 3 is 2.81 bits per heavy atom. The van der Waals surface area contributed by atoms with E-state index in [2.05, 4.69) is 43.4 Å². The standard InChI is InChI=1S/C15H23N/c1-3-9-16-15(14-7-8-14)11-13-6-4-5-12(2)10-13/h4-6,10,14-16H,3,7-9,11H2,1-2H3. The first-order valence-corrected chi connectivity index (χ1v) is 6.58. The van der Waals surface area contributed by atoms with Gasteiger partial charge < -0.3 is 5.32 Å². The van der Waals surface area contributed by atoms with Gasteiger partial charge in [-0.05, 0) is 50.6 Å². The van der Waals surface area contributed by atoms with Crippen LogP contribution in [0.25, 0.3) is 0 Å². The maximum absolute atomic E-state index is 3.70. The summed E-state index contributed by atoms with van der Waals surface area (Å²) in [6, 6.07) is 9.64. The molecule has 0 saturated heterocycles. The number of rotatable bonds is 6. The molecule has 0 aromatic heterocycles. The largest absolute Gasteiger partial charge is 0.313 e. The fraction of sp³-hybridized carbons (Fsp3) is 0.600. The van der Waals surface area contributed by atoms with Gasteiger partial charge in [0.25, 0.3) is 0 Å². The van der Waals surface area contributed by atoms with E-state index in [1.807, 2.05) is 0 Å². The Labute approximate surface area is 99.3 Å². The zero-order valence-corrected chi connectivity index (χ0v) is 10.5. The maximum atomic E-state index is 3.70. The molecule has 1 aliphatic carbocycles. The highest BCUT2D eigenvalue weighted by Crippen LogP contribution is 2.34. The first-order valence-electron chi connectivity index (χ1n) is 6.58. The summed E-state index contributed by atoms with van der Waals surface area (Å²) in [5, 5.41) is 3.70. The van der Waals surface area contributed by atoms with Gasteiger partial charge in [-0.25, -0.2) is 0 Å². The van der Waals surface area contributed by atoms with Crippen LogP contribution in [0.1, 0.15) is 37.3 Å². The summed E-state index contributed by atoms with van der Waals surface area (Å²) >= 11 is 0. The summed E-state index contributed by atoms with van der Waals surface area (Å²) in [6.07, 6.45) is 5.28. The molecule has 1 aromatic rings. The van der Waals surface area contributed by atoms with Gasteiger partial charge in [0.1, 0.15) is 0 Å². The Morgan fingerprint density at radius 1 is 1.38 bits per heavy atom. The van der Waals surface area contributed by atoms with E-state index in [4.69, 9.17) is 0 Å². The summed E-state index contributed by atoms with van der Waals surface area (Å²) in [5.74, 6) is 0.937. The monoisotopic (exact) mass is 217 g/mol. The first kappa shape index (κ1) is 11.7. The second-order valence-electron chi connectivity index (χ2n) is 5.09. The first-order chi connectivity index (χ1) is 7.79. The number of nitrogens with one attached hydrogen (secondary N) is 1. The summed E-state index contributed by atoms with van der Waals surface area (Å²) in [5.41, 5.74) is 2.86. The minimum Gasteiger partial charge on any atom is -0.313 e. The quantitative estimate of drug-likeness (QED) is 0.771. The fourth-order valence-corrected chi connectivity index (χ4v) is 2.33. The predicted molar refractivity (Wildman–Crippen MR) is 69.7 cm³/mol. The average Bonchev–Trinajstić information content (AvgIpc) is 3.08. The summed E-state index contributed by atoms with van der Waals surface area (Å²) < 4.78 is 0. The SMILES string of the molecule is CCCNC(Cc1cccc(C)c1)C1CC1.